The van der Waals surface area contributed by atoms with Gasteiger partial charge < -0.3 is 4.90 Å². The lowest BCUT2D eigenvalue weighted by atomic mass is 10.0. The maximum absolute atomic E-state index is 2.29. The number of hydrogen-bond acceptors (Lipinski definition) is 1. The minimum Gasteiger partial charge on any atom is -0.378 e. The van der Waals surface area contributed by atoms with Gasteiger partial charge >= 0.3 is 0 Å². The molecule has 0 amide bonds. The zero-order chi connectivity index (χ0) is 18.2. The number of benzene rings is 1. The molecule has 0 saturated carbocycles. The molecule has 0 radical (unpaired) electrons. The van der Waals surface area contributed by atoms with Crippen LogP contribution in [0.4, 0.5) is 5.69 Å². The molecule has 0 unspecified atom stereocenters. The summed E-state index contributed by atoms with van der Waals surface area (Å²) in [5.41, 5.74) is 2.79. The van der Waals surface area contributed by atoms with Crippen LogP contribution in [0.1, 0.15) is 102 Å². The molecule has 0 bridgehead atoms. The van der Waals surface area contributed by atoms with E-state index in [4.69, 9.17) is 0 Å². The zero-order valence-electron chi connectivity index (χ0n) is 17.4. The van der Waals surface area contributed by atoms with Gasteiger partial charge in [-0.2, -0.15) is 0 Å². The Kier molecular flexibility index (Phi) is 13.5. The highest BCUT2D eigenvalue weighted by Gasteiger charge is 1.97. The van der Waals surface area contributed by atoms with Gasteiger partial charge in [0, 0.05) is 19.8 Å². The standard InChI is InChI=1S/C24H43N/c1-4-5-6-7-8-9-10-11-12-13-14-15-16-17-18-23-19-21-24(22-20-23)25(2)3/h19-22H,4-18H2,1-3H3. The largest absolute Gasteiger partial charge is 0.378 e. The molecule has 25 heavy (non-hydrogen) atoms. The molecule has 1 heteroatoms. The van der Waals surface area contributed by atoms with Gasteiger partial charge in [-0.15, -0.1) is 0 Å². The van der Waals surface area contributed by atoms with Crippen molar-refractivity contribution in [2.24, 2.45) is 0 Å². The predicted molar refractivity (Wildman–Crippen MR) is 115 cm³/mol. The van der Waals surface area contributed by atoms with Gasteiger partial charge in [0.1, 0.15) is 0 Å². The summed E-state index contributed by atoms with van der Waals surface area (Å²) in [5, 5.41) is 0. The van der Waals surface area contributed by atoms with Gasteiger partial charge in [0.25, 0.3) is 0 Å². The molecule has 0 atom stereocenters. The van der Waals surface area contributed by atoms with Crippen molar-refractivity contribution in [2.45, 2.75) is 103 Å². The first-order valence-electron chi connectivity index (χ1n) is 11.0. The minimum absolute atomic E-state index is 1.24. The summed E-state index contributed by atoms with van der Waals surface area (Å²) in [6, 6.07) is 9.05. The van der Waals surface area contributed by atoms with Crippen LogP contribution in [0.15, 0.2) is 24.3 Å². The number of aryl methyl sites for hydroxylation is 1. The lowest BCUT2D eigenvalue weighted by Crippen LogP contribution is -2.08. The van der Waals surface area contributed by atoms with Crippen LogP contribution in [0, 0.1) is 0 Å². The van der Waals surface area contributed by atoms with Gasteiger partial charge in [0.15, 0.2) is 0 Å². The highest BCUT2D eigenvalue weighted by Crippen LogP contribution is 2.16. The number of anilines is 1. The van der Waals surface area contributed by atoms with E-state index in [1.54, 1.807) is 0 Å². The van der Waals surface area contributed by atoms with Crippen LogP contribution in [-0.2, 0) is 6.42 Å². The summed E-state index contributed by atoms with van der Waals surface area (Å²) >= 11 is 0. The van der Waals surface area contributed by atoms with Crippen LogP contribution in [-0.4, -0.2) is 14.1 Å². The van der Waals surface area contributed by atoms with Crippen molar-refractivity contribution in [3.63, 3.8) is 0 Å². The smallest absolute Gasteiger partial charge is 0.0361 e. The fourth-order valence-corrected chi connectivity index (χ4v) is 3.48. The Morgan fingerprint density at radius 3 is 1.36 bits per heavy atom. The van der Waals surface area contributed by atoms with E-state index in [1.807, 2.05) is 0 Å². The quantitative estimate of drug-likeness (QED) is 0.276. The topological polar surface area (TPSA) is 3.24 Å². The van der Waals surface area contributed by atoms with Crippen molar-refractivity contribution < 1.29 is 0 Å². The molecular formula is C24H43N. The lowest BCUT2D eigenvalue weighted by Gasteiger charge is -2.12. The summed E-state index contributed by atoms with van der Waals surface area (Å²) in [6.07, 6.45) is 21.3. The van der Waals surface area contributed by atoms with Crippen molar-refractivity contribution in [3.05, 3.63) is 29.8 Å². The summed E-state index contributed by atoms with van der Waals surface area (Å²) < 4.78 is 0. The second-order valence-corrected chi connectivity index (χ2v) is 7.91. The van der Waals surface area contributed by atoms with Crippen LogP contribution in [0.5, 0.6) is 0 Å². The van der Waals surface area contributed by atoms with E-state index in [9.17, 15) is 0 Å². The van der Waals surface area contributed by atoms with Crippen LogP contribution in [0.2, 0.25) is 0 Å². The van der Waals surface area contributed by atoms with Gasteiger partial charge in [-0.1, -0.05) is 103 Å². The Morgan fingerprint density at radius 2 is 0.960 bits per heavy atom. The molecule has 0 aromatic heterocycles. The van der Waals surface area contributed by atoms with E-state index >= 15 is 0 Å². The highest BCUT2D eigenvalue weighted by atomic mass is 15.1. The highest BCUT2D eigenvalue weighted by molar-refractivity contribution is 5.45. The average molecular weight is 346 g/mol. The van der Waals surface area contributed by atoms with E-state index in [2.05, 4.69) is 50.2 Å². The molecule has 0 aliphatic rings. The molecule has 0 heterocycles. The Hall–Kier alpha value is -0.980. The Morgan fingerprint density at radius 1 is 0.560 bits per heavy atom. The Balaban J connectivity index is 1.84. The third kappa shape index (κ3) is 12.1. The van der Waals surface area contributed by atoms with Gasteiger partial charge in [0.05, 0.1) is 0 Å². The van der Waals surface area contributed by atoms with Crippen molar-refractivity contribution >= 4 is 5.69 Å². The van der Waals surface area contributed by atoms with Crippen molar-refractivity contribution in [3.8, 4) is 0 Å². The molecule has 1 rings (SSSR count). The van der Waals surface area contributed by atoms with E-state index in [1.165, 1.54) is 108 Å². The summed E-state index contributed by atoms with van der Waals surface area (Å²) in [7, 11) is 4.20. The minimum atomic E-state index is 1.24. The molecule has 0 aliphatic carbocycles. The first-order valence-corrected chi connectivity index (χ1v) is 11.0. The Labute approximate surface area is 158 Å². The summed E-state index contributed by atoms with van der Waals surface area (Å²) in [6.45, 7) is 2.29. The number of rotatable bonds is 16. The molecular weight excluding hydrogens is 302 g/mol. The molecule has 0 saturated heterocycles. The fraction of sp³-hybridized carbons (Fsp3) is 0.750. The molecule has 0 spiro atoms. The monoisotopic (exact) mass is 345 g/mol. The van der Waals surface area contributed by atoms with E-state index in [0.29, 0.717) is 0 Å². The molecule has 1 aromatic carbocycles. The first-order chi connectivity index (χ1) is 12.2. The second-order valence-electron chi connectivity index (χ2n) is 7.91. The van der Waals surface area contributed by atoms with E-state index < -0.39 is 0 Å². The number of unbranched alkanes of at least 4 members (excludes halogenated alkanes) is 13. The SMILES string of the molecule is CCCCCCCCCCCCCCCCc1ccc(N(C)C)cc1. The van der Waals surface area contributed by atoms with Crippen LogP contribution in [0.3, 0.4) is 0 Å². The maximum atomic E-state index is 2.29. The molecule has 0 aliphatic heterocycles. The lowest BCUT2D eigenvalue weighted by molar-refractivity contribution is 0.535. The first kappa shape index (κ1) is 22.1. The van der Waals surface area contributed by atoms with Crippen molar-refractivity contribution in [1.29, 1.82) is 0 Å². The number of nitrogens with zero attached hydrogens (tertiary/aromatic N) is 1. The van der Waals surface area contributed by atoms with Crippen molar-refractivity contribution in [1.82, 2.24) is 0 Å². The third-order valence-electron chi connectivity index (χ3n) is 5.27. The fourth-order valence-electron chi connectivity index (χ4n) is 3.48. The second kappa shape index (κ2) is 15.3. The van der Waals surface area contributed by atoms with Crippen LogP contribution in [0.25, 0.3) is 0 Å². The third-order valence-corrected chi connectivity index (χ3v) is 5.27. The molecule has 0 fully saturated rings. The normalized spacial score (nSPS) is 11.0. The molecule has 1 aromatic rings. The molecule has 1 nitrogen and oxygen atoms in total. The van der Waals surface area contributed by atoms with Crippen LogP contribution >= 0.6 is 0 Å². The molecule has 144 valence electrons. The van der Waals surface area contributed by atoms with Crippen molar-refractivity contribution in [2.75, 3.05) is 19.0 Å². The predicted octanol–water partition coefficient (Wildman–Crippen LogP) is 7.78. The van der Waals surface area contributed by atoms with Gasteiger partial charge in [-0.25, -0.2) is 0 Å². The summed E-state index contributed by atoms with van der Waals surface area (Å²) in [4.78, 5) is 2.16. The maximum Gasteiger partial charge on any atom is 0.0361 e. The number of hydrogen-bond donors (Lipinski definition) is 0. The summed E-state index contributed by atoms with van der Waals surface area (Å²) in [5.74, 6) is 0. The van der Waals surface area contributed by atoms with E-state index in [-0.39, 0.29) is 0 Å². The zero-order valence-corrected chi connectivity index (χ0v) is 17.4. The van der Waals surface area contributed by atoms with Gasteiger partial charge in [0.2, 0.25) is 0 Å². The van der Waals surface area contributed by atoms with E-state index in [0.717, 1.165) is 0 Å². The Bertz CT molecular complexity index is 393. The van der Waals surface area contributed by atoms with Crippen LogP contribution < -0.4 is 4.90 Å². The van der Waals surface area contributed by atoms with Gasteiger partial charge in [-0.3, -0.25) is 0 Å². The average Bonchev–Trinajstić information content (AvgIpc) is 2.62. The van der Waals surface area contributed by atoms with Gasteiger partial charge in [-0.05, 0) is 30.5 Å². The molecule has 0 N–H and O–H groups in total.